The van der Waals surface area contributed by atoms with Crippen LogP contribution in [0.3, 0.4) is 0 Å². The number of hydrogen-bond donors (Lipinski definition) is 1. The molecule has 0 spiro atoms. The number of rotatable bonds is 5. The molecule has 0 bridgehead atoms. The van der Waals surface area contributed by atoms with E-state index in [4.69, 9.17) is 0 Å². The normalized spacial score (nSPS) is 10.9. The third-order valence-electron chi connectivity index (χ3n) is 3.87. The molecule has 0 aliphatic carbocycles. The van der Waals surface area contributed by atoms with E-state index >= 15 is 0 Å². The summed E-state index contributed by atoms with van der Waals surface area (Å²) in [6.45, 7) is 4.39. The van der Waals surface area contributed by atoms with Crippen LogP contribution in [0.4, 0.5) is 5.69 Å². The summed E-state index contributed by atoms with van der Waals surface area (Å²) in [6.07, 6.45) is 0. The summed E-state index contributed by atoms with van der Waals surface area (Å²) in [5.74, 6) is 0.0232. The average Bonchev–Trinajstić information content (AvgIpc) is 2.62. The van der Waals surface area contributed by atoms with Gasteiger partial charge in [-0.1, -0.05) is 30.0 Å². The molecule has 1 aromatic heterocycles. The van der Waals surface area contributed by atoms with E-state index in [0.29, 0.717) is 22.6 Å². The van der Waals surface area contributed by atoms with Crippen molar-refractivity contribution in [2.45, 2.75) is 25.5 Å². The highest BCUT2D eigenvalue weighted by molar-refractivity contribution is 9.10. The first-order valence-electron chi connectivity index (χ1n) is 8.18. The summed E-state index contributed by atoms with van der Waals surface area (Å²) >= 11 is 4.71. The van der Waals surface area contributed by atoms with Crippen molar-refractivity contribution in [3.63, 3.8) is 0 Å². The molecule has 0 saturated carbocycles. The molecule has 1 heterocycles. The summed E-state index contributed by atoms with van der Waals surface area (Å²) in [5.41, 5.74) is 2.39. The largest absolute Gasteiger partial charge is 0.324 e. The molecule has 0 saturated heterocycles. The summed E-state index contributed by atoms with van der Waals surface area (Å²) in [6, 6.07) is 13.0. The van der Waals surface area contributed by atoms with Gasteiger partial charge in [-0.25, -0.2) is 4.98 Å². The van der Waals surface area contributed by atoms with Crippen LogP contribution in [0.25, 0.3) is 10.9 Å². The Morgan fingerprint density at radius 2 is 2.04 bits per heavy atom. The SMILES string of the molecule is CCn1c(SCC(=O)Nc2ccc(C)cc2Br)nc2ccccc2c1=O. The lowest BCUT2D eigenvalue weighted by Crippen LogP contribution is -2.23. The lowest BCUT2D eigenvalue weighted by atomic mass is 10.2. The summed E-state index contributed by atoms with van der Waals surface area (Å²) in [7, 11) is 0. The number of carbonyl (C=O) groups excluding carboxylic acids is 1. The van der Waals surface area contributed by atoms with E-state index in [1.165, 1.54) is 11.8 Å². The molecular weight excluding hydrogens is 414 g/mol. The van der Waals surface area contributed by atoms with E-state index in [0.717, 1.165) is 15.7 Å². The van der Waals surface area contributed by atoms with Crippen LogP contribution in [0.2, 0.25) is 0 Å². The van der Waals surface area contributed by atoms with Gasteiger partial charge in [-0.3, -0.25) is 14.2 Å². The molecule has 7 heteroatoms. The highest BCUT2D eigenvalue weighted by Crippen LogP contribution is 2.24. The standard InChI is InChI=1S/C19H18BrN3O2S/c1-3-23-18(25)13-6-4-5-7-15(13)22-19(23)26-11-17(24)21-16-9-8-12(2)10-14(16)20/h4-10H,3,11H2,1-2H3,(H,21,24). The minimum absolute atomic E-state index is 0.0812. The average molecular weight is 432 g/mol. The Kier molecular flexibility index (Phi) is 5.78. The number of fused-ring (bicyclic) bond motifs is 1. The lowest BCUT2D eigenvalue weighted by Gasteiger charge is -2.11. The zero-order valence-electron chi connectivity index (χ0n) is 14.5. The monoisotopic (exact) mass is 431 g/mol. The summed E-state index contributed by atoms with van der Waals surface area (Å²) < 4.78 is 2.44. The molecule has 0 radical (unpaired) electrons. The first-order valence-corrected chi connectivity index (χ1v) is 9.96. The number of nitrogens with one attached hydrogen (secondary N) is 1. The number of amides is 1. The van der Waals surface area contributed by atoms with Crippen molar-refractivity contribution in [3.8, 4) is 0 Å². The Labute approximate surface area is 164 Å². The fraction of sp³-hybridized carbons (Fsp3) is 0.211. The Morgan fingerprint density at radius 3 is 2.77 bits per heavy atom. The molecule has 1 N–H and O–H groups in total. The Balaban J connectivity index is 1.78. The van der Waals surface area contributed by atoms with Crippen LogP contribution in [0.15, 0.2) is 56.9 Å². The van der Waals surface area contributed by atoms with E-state index < -0.39 is 0 Å². The molecule has 5 nitrogen and oxygen atoms in total. The lowest BCUT2D eigenvalue weighted by molar-refractivity contribution is -0.113. The van der Waals surface area contributed by atoms with Crippen molar-refractivity contribution in [3.05, 3.63) is 62.9 Å². The minimum Gasteiger partial charge on any atom is -0.324 e. The van der Waals surface area contributed by atoms with Crippen LogP contribution < -0.4 is 10.9 Å². The van der Waals surface area contributed by atoms with Gasteiger partial charge in [-0.05, 0) is 59.6 Å². The maximum Gasteiger partial charge on any atom is 0.262 e. The second kappa shape index (κ2) is 8.05. The molecule has 2 aromatic carbocycles. The van der Waals surface area contributed by atoms with Crippen LogP contribution in [0.1, 0.15) is 12.5 Å². The van der Waals surface area contributed by atoms with Gasteiger partial charge in [0.05, 0.1) is 22.3 Å². The smallest absolute Gasteiger partial charge is 0.262 e. The van der Waals surface area contributed by atoms with Crippen LogP contribution >= 0.6 is 27.7 Å². The van der Waals surface area contributed by atoms with E-state index in [2.05, 4.69) is 26.2 Å². The number of aryl methyl sites for hydroxylation is 1. The van der Waals surface area contributed by atoms with Crippen LogP contribution in [-0.2, 0) is 11.3 Å². The molecule has 1 amide bonds. The van der Waals surface area contributed by atoms with Gasteiger partial charge in [0, 0.05) is 11.0 Å². The zero-order valence-corrected chi connectivity index (χ0v) is 16.9. The fourth-order valence-corrected chi connectivity index (χ4v) is 4.03. The molecular formula is C19H18BrN3O2S. The number of nitrogens with zero attached hydrogens (tertiary/aromatic N) is 2. The van der Waals surface area contributed by atoms with Gasteiger partial charge < -0.3 is 5.32 Å². The topological polar surface area (TPSA) is 64.0 Å². The molecule has 0 aliphatic heterocycles. The number of para-hydroxylation sites is 1. The van der Waals surface area contributed by atoms with Crippen LogP contribution in [-0.4, -0.2) is 21.2 Å². The number of halogens is 1. The quantitative estimate of drug-likeness (QED) is 0.485. The number of benzene rings is 2. The van der Waals surface area contributed by atoms with E-state index in [9.17, 15) is 9.59 Å². The second-order valence-electron chi connectivity index (χ2n) is 5.78. The van der Waals surface area contributed by atoms with Gasteiger partial charge in [0.1, 0.15) is 0 Å². The Hall–Kier alpha value is -2.12. The van der Waals surface area contributed by atoms with E-state index in [-0.39, 0.29) is 17.2 Å². The molecule has 0 aliphatic rings. The number of hydrogen-bond acceptors (Lipinski definition) is 4. The fourth-order valence-electron chi connectivity index (χ4n) is 2.57. The van der Waals surface area contributed by atoms with Crippen molar-refractivity contribution in [1.29, 1.82) is 0 Å². The molecule has 134 valence electrons. The van der Waals surface area contributed by atoms with Crippen molar-refractivity contribution >= 4 is 50.2 Å². The molecule has 0 atom stereocenters. The Morgan fingerprint density at radius 1 is 1.27 bits per heavy atom. The van der Waals surface area contributed by atoms with Gasteiger partial charge in [-0.15, -0.1) is 0 Å². The highest BCUT2D eigenvalue weighted by atomic mass is 79.9. The molecule has 3 rings (SSSR count). The zero-order chi connectivity index (χ0) is 18.7. The van der Waals surface area contributed by atoms with Crippen molar-refractivity contribution in [1.82, 2.24) is 9.55 Å². The van der Waals surface area contributed by atoms with Crippen LogP contribution in [0, 0.1) is 6.92 Å². The van der Waals surface area contributed by atoms with Gasteiger partial charge in [0.15, 0.2) is 5.16 Å². The number of anilines is 1. The molecule has 0 fully saturated rings. The first kappa shape index (κ1) is 18.7. The summed E-state index contributed by atoms with van der Waals surface area (Å²) in [5, 5.41) is 4.01. The van der Waals surface area contributed by atoms with Gasteiger partial charge >= 0.3 is 0 Å². The molecule has 26 heavy (non-hydrogen) atoms. The third kappa shape index (κ3) is 3.99. The number of thioether (sulfide) groups is 1. The van der Waals surface area contributed by atoms with Gasteiger partial charge in [0.25, 0.3) is 5.56 Å². The molecule has 0 unspecified atom stereocenters. The van der Waals surface area contributed by atoms with E-state index in [1.807, 2.05) is 50.2 Å². The molecule has 3 aromatic rings. The second-order valence-corrected chi connectivity index (χ2v) is 7.58. The van der Waals surface area contributed by atoms with Crippen molar-refractivity contribution < 1.29 is 4.79 Å². The third-order valence-corrected chi connectivity index (χ3v) is 5.51. The van der Waals surface area contributed by atoms with E-state index in [1.54, 1.807) is 10.6 Å². The Bertz CT molecular complexity index is 1030. The predicted molar refractivity (Wildman–Crippen MR) is 110 cm³/mol. The van der Waals surface area contributed by atoms with Crippen molar-refractivity contribution in [2.24, 2.45) is 0 Å². The van der Waals surface area contributed by atoms with Gasteiger partial charge in [-0.2, -0.15) is 0 Å². The number of carbonyl (C=O) groups is 1. The maximum atomic E-state index is 12.6. The maximum absolute atomic E-state index is 12.6. The predicted octanol–water partition coefficient (Wildman–Crippen LogP) is 4.22. The van der Waals surface area contributed by atoms with Crippen molar-refractivity contribution in [2.75, 3.05) is 11.1 Å². The number of aromatic nitrogens is 2. The van der Waals surface area contributed by atoms with Crippen LogP contribution in [0.5, 0.6) is 0 Å². The minimum atomic E-state index is -0.149. The summed E-state index contributed by atoms with van der Waals surface area (Å²) in [4.78, 5) is 29.5. The highest BCUT2D eigenvalue weighted by Gasteiger charge is 2.13. The first-order chi connectivity index (χ1) is 12.5. The van der Waals surface area contributed by atoms with Gasteiger partial charge in [0.2, 0.25) is 5.91 Å².